The first-order valence-electron chi connectivity index (χ1n) is 8.58. The molecule has 2 rings (SSSR count). The van der Waals surface area contributed by atoms with Crippen LogP contribution >= 0.6 is 0 Å². The lowest BCUT2D eigenvalue weighted by atomic mass is 10.1. The van der Waals surface area contributed by atoms with E-state index in [0.717, 1.165) is 0 Å². The molecule has 0 bridgehead atoms. The predicted molar refractivity (Wildman–Crippen MR) is 97.6 cm³/mol. The van der Waals surface area contributed by atoms with Crippen LogP contribution in [0.15, 0.2) is 30.3 Å². The lowest BCUT2D eigenvalue weighted by molar-refractivity contribution is -0.274. The number of halogens is 3. The average Bonchev–Trinajstić information content (AvgIpc) is 2.58. The molecule has 1 atom stereocenters. The van der Waals surface area contributed by atoms with Crippen molar-refractivity contribution < 1.29 is 23.0 Å². The maximum Gasteiger partial charge on any atom is 0.573 e. The molecule has 6 nitrogen and oxygen atoms in total. The zero-order chi connectivity index (χ0) is 20.0. The first-order valence-corrected chi connectivity index (χ1v) is 8.58. The van der Waals surface area contributed by atoms with Crippen LogP contribution in [0.2, 0.25) is 0 Å². The Labute approximate surface area is 155 Å². The first kappa shape index (κ1) is 20.8. The van der Waals surface area contributed by atoms with Crippen LogP contribution in [0.4, 0.5) is 24.9 Å². The van der Waals surface area contributed by atoms with Gasteiger partial charge in [0.2, 0.25) is 5.95 Å². The summed E-state index contributed by atoms with van der Waals surface area (Å²) in [5.74, 6) is 0.604. The summed E-state index contributed by atoms with van der Waals surface area (Å²) in [5.41, 5.74) is 0.878. The van der Waals surface area contributed by atoms with Crippen molar-refractivity contribution in [1.82, 2.24) is 9.97 Å². The number of aliphatic hydroxyl groups is 1. The molecule has 0 aliphatic carbocycles. The molecular formula is C18H23F3N4O2. The first-order chi connectivity index (χ1) is 12.7. The maximum absolute atomic E-state index is 12.5. The predicted octanol–water partition coefficient (Wildman–Crippen LogP) is 3.90. The van der Waals surface area contributed by atoms with E-state index in [1.165, 1.54) is 18.2 Å². The molecule has 2 aromatic rings. The van der Waals surface area contributed by atoms with Gasteiger partial charge in [0.1, 0.15) is 11.6 Å². The van der Waals surface area contributed by atoms with Crippen LogP contribution in [0.3, 0.4) is 0 Å². The largest absolute Gasteiger partial charge is 0.573 e. The fraction of sp³-hybridized carbons (Fsp3) is 0.444. The zero-order valence-electron chi connectivity index (χ0n) is 15.3. The number of anilines is 2. The van der Waals surface area contributed by atoms with E-state index in [1.807, 2.05) is 20.8 Å². The molecular weight excluding hydrogens is 361 g/mol. The second-order valence-electron chi connectivity index (χ2n) is 6.25. The third-order valence-corrected chi connectivity index (χ3v) is 3.76. The molecule has 3 N–H and O–H groups in total. The van der Waals surface area contributed by atoms with Gasteiger partial charge in [-0.1, -0.05) is 26.0 Å². The van der Waals surface area contributed by atoms with E-state index in [0.29, 0.717) is 23.6 Å². The number of ether oxygens (including phenoxy) is 1. The molecule has 1 aromatic carbocycles. The summed E-state index contributed by atoms with van der Waals surface area (Å²) in [6, 6.07) is 6.98. The summed E-state index contributed by atoms with van der Waals surface area (Å²) in [4.78, 5) is 8.73. The van der Waals surface area contributed by atoms with Crippen molar-refractivity contribution in [2.45, 2.75) is 33.2 Å². The minimum absolute atomic E-state index is 0.100. The summed E-state index contributed by atoms with van der Waals surface area (Å²) in [7, 11) is 0. The third-order valence-electron chi connectivity index (χ3n) is 3.76. The van der Waals surface area contributed by atoms with E-state index in [-0.39, 0.29) is 30.3 Å². The molecule has 0 saturated heterocycles. The van der Waals surface area contributed by atoms with E-state index in [2.05, 4.69) is 25.3 Å². The maximum atomic E-state index is 12.5. The highest BCUT2D eigenvalue weighted by atomic mass is 19.4. The zero-order valence-corrected chi connectivity index (χ0v) is 15.3. The molecule has 0 aliphatic rings. The Hall–Kier alpha value is -2.55. The van der Waals surface area contributed by atoms with Gasteiger partial charge in [0.05, 0.1) is 18.3 Å². The Morgan fingerprint density at radius 3 is 2.52 bits per heavy atom. The number of benzene rings is 1. The minimum atomic E-state index is -4.77. The summed E-state index contributed by atoms with van der Waals surface area (Å²) < 4.78 is 41.4. The number of aliphatic hydroxyl groups excluding tert-OH is 1. The topological polar surface area (TPSA) is 79.3 Å². The van der Waals surface area contributed by atoms with E-state index < -0.39 is 6.36 Å². The van der Waals surface area contributed by atoms with Crippen LogP contribution in [-0.2, 0) is 0 Å². The Balaban J connectivity index is 2.39. The van der Waals surface area contributed by atoms with Crippen molar-refractivity contribution in [2.75, 3.05) is 23.8 Å². The van der Waals surface area contributed by atoms with Crippen LogP contribution in [-0.4, -0.2) is 40.6 Å². The second-order valence-corrected chi connectivity index (χ2v) is 6.25. The molecule has 27 heavy (non-hydrogen) atoms. The van der Waals surface area contributed by atoms with Crippen molar-refractivity contribution >= 4 is 11.8 Å². The number of alkyl halides is 3. The van der Waals surface area contributed by atoms with Gasteiger partial charge in [-0.2, -0.15) is 4.98 Å². The van der Waals surface area contributed by atoms with Gasteiger partial charge in [0.15, 0.2) is 0 Å². The Morgan fingerprint density at radius 1 is 1.19 bits per heavy atom. The van der Waals surface area contributed by atoms with Crippen LogP contribution in [0, 0.1) is 5.92 Å². The quantitative estimate of drug-likeness (QED) is 0.641. The standard InChI is InChI=1S/C18H23F3N4O2/c1-4-22-16-9-14(23-17(25-16)24-15(10-26)11(2)3)12-6-5-7-13(8-12)27-18(19,20)21/h5-9,11,15,26H,4,10H2,1-3H3,(H2,22,23,24,25)/t15-/m1/s1. The van der Waals surface area contributed by atoms with Gasteiger partial charge < -0.3 is 20.5 Å². The lowest BCUT2D eigenvalue weighted by Gasteiger charge is -2.20. The van der Waals surface area contributed by atoms with E-state index in [1.54, 1.807) is 12.1 Å². The fourth-order valence-corrected chi connectivity index (χ4v) is 2.37. The highest BCUT2D eigenvalue weighted by Gasteiger charge is 2.31. The molecule has 0 radical (unpaired) electrons. The summed E-state index contributed by atoms with van der Waals surface area (Å²) in [6.45, 7) is 6.30. The molecule has 0 amide bonds. The van der Waals surface area contributed by atoms with Gasteiger partial charge in [0.25, 0.3) is 0 Å². The van der Waals surface area contributed by atoms with Gasteiger partial charge in [-0.25, -0.2) is 4.98 Å². The molecule has 0 aliphatic heterocycles. The van der Waals surface area contributed by atoms with Crippen molar-refractivity contribution in [2.24, 2.45) is 5.92 Å². The lowest BCUT2D eigenvalue weighted by Crippen LogP contribution is -2.30. The minimum Gasteiger partial charge on any atom is -0.406 e. The van der Waals surface area contributed by atoms with Crippen molar-refractivity contribution in [1.29, 1.82) is 0 Å². The van der Waals surface area contributed by atoms with Crippen LogP contribution < -0.4 is 15.4 Å². The Morgan fingerprint density at radius 2 is 1.93 bits per heavy atom. The Kier molecular flexibility index (Phi) is 6.84. The normalized spacial score (nSPS) is 12.7. The molecule has 1 heterocycles. The second kappa shape index (κ2) is 8.90. The van der Waals surface area contributed by atoms with Crippen molar-refractivity contribution in [3.05, 3.63) is 30.3 Å². The Bertz CT molecular complexity index is 754. The van der Waals surface area contributed by atoms with E-state index in [9.17, 15) is 18.3 Å². The molecule has 0 unspecified atom stereocenters. The van der Waals surface area contributed by atoms with Crippen LogP contribution in [0.25, 0.3) is 11.3 Å². The highest BCUT2D eigenvalue weighted by molar-refractivity contribution is 5.66. The molecule has 148 valence electrons. The number of aromatic nitrogens is 2. The van der Waals surface area contributed by atoms with Gasteiger partial charge >= 0.3 is 6.36 Å². The smallest absolute Gasteiger partial charge is 0.406 e. The van der Waals surface area contributed by atoms with Gasteiger partial charge in [-0.3, -0.25) is 0 Å². The number of hydrogen-bond acceptors (Lipinski definition) is 6. The van der Waals surface area contributed by atoms with Gasteiger partial charge in [0, 0.05) is 18.2 Å². The summed E-state index contributed by atoms with van der Waals surface area (Å²) in [6.07, 6.45) is -4.77. The van der Waals surface area contributed by atoms with E-state index in [4.69, 9.17) is 0 Å². The number of hydrogen-bond donors (Lipinski definition) is 3. The number of nitrogens with zero attached hydrogens (tertiary/aromatic N) is 2. The molecule has 0 fully saturated rings. The van der Waals surface area contributed by atoms with Crippen LogP contribution in [0.5, 0.6) is 5.75 Å². The monoisotopic (exact) mass is 384 g/mol. The molecule has 0 spiro atoms. The van der Waals surface area contributed by atoms with Crippen molar-refractivity contribution in [3.63, 3.8) is 0 Å². The van der Waals surface area contributed by atoms with Crippen molar-refractivity contribution in [3.8, 4) is 17.0 Å². The molecule has 0 saturated carbocycles. The number of nitrogens with one attached hydrogen (secondary N) is 2. The summed E-state index contributed by atoms with van der Waals surface area (Å²) in [5, 5.41) is 15.6. The van der Waals surface area contributed by atoms with E-state index >= 15 is 0 Å². The third kappa shape index (κ3) is 6.28. The van der Waals surface area contributed by atoms with Gasteiger partial charge in [-0.05, 0) is 25.0 Å². The van der Waals surface area contributed by atoms with Gasteiger partial charge in [-0.15, -0.1) is 13.2 Å². The molecule has 9 heteroatoms. The highest BCUT2D eigenvalue weighted by Crippen LogP contribution is 2.28. The SMILES string of the molecule is CCNc1cc(-c2cccc(OC(F)(F)F)c2)nc(N[C@H](CO)C(C)C)n1. The summed E-state index contributed by atoms with van der Waals surface area (Å²) >= 11 is 0. The number of rotatable bonds is 8. The fourth-order valence-electron chi connectivity index (χ4n) is 2.37. The van der Waals surface area contributed by atoms with Crippen LogP contribution in [0.1, 0.15) is 20.8 Å². The average molecular weight is 384 g/mol. The molecule has 1 aromatic heterocycles.